The summed E-state index contributed by atoms with van der Waals surface area (Å²) >= 11 is 6.66. The molecular formula is C21H27N3O4S2. The molecule has 1 aliphatic heterocycles. The molecular weight excluding hydrogens is 422 g/mol. The summed E-state index contributed by atoms with van der Waals surface area (Å²) in [6.07, 6.45) is 4.23. The van der Waals surface area contributed by atoms with E-state index in [2.05, 4.69) is 22.5 Å². The van der Waals surface area contributed by atoms with Gasteiger partial charge in [-0.1, -0.05) is 37.0 Å². The van der Waals surface area contributed by atoms with Gasteiger partial charge in [0, 0.05) is 30.4 Å². The summed E-state index contributed by atoms with van der Waals surface area (Å²) in [5.74, 6) is -0.308. The summed E-state index contributed by atoms with van der Waals surface area (Å²) in [5.41, 5.74) is 0.961. The molecule has 7 nitrogen and oxygen atoms in total. The average molecular weight is 450 g/mol. The molecule has 0 bridgehead atoms. The van der Waals surface area contributed by atoms with Gasteiger partial charge in [0.1, 0.15) is 4.32 Å². The zero-order valence-corrected chi connectivity index (χ0v) is 18.7. The smallest absolute Gasteiger partial charge is 0.316 e. The van der Waals surface area contributed by atoms with Crippen LogP contribution in [0.1, 0.15) is 43.0 Å². The van der Waals surface area contributed by atoms with Gasteiger partial charge in [0.05, 0.1) is 5.75 Å². The molecule has 0 radical (unpaired) electrons. The number of hydrogen-bond donors (Lipinski definition) is 2. The summed E-state index contributed by atoms with van der Waals surface area (Å²) in [4.78, 5) is 38.2. The molecule has 30 heavy (non-hydrogen) atoms. The highest BCUT2D eigenvalue weighted by Crippen LogP contribution is 2.21. The molecule has 0 atom stereocenters. The van der Waals surface area contributed by atoms with Crippen LogP contribution in [0.5, 0.6) is 0 Å². The molecule has 1 heterocycles. The van der Waals surface area contributed by atoms with E-state index in [0.29, 0.717) is 21.5 Å². The number of carbonyl (C=O) groups is 3. The molecule has 2 amide bonds. The first kappa shape index (κ1) is 22.6. The normalized spacial score (nSPS) is 16.6. The predicted octanol–water partition coefficient (Wildman–Crippen LogP) is 2.81. The number of rotatable bonds is 7. The number of piperidine rings is 1. The zero-order valence-electron chi connectivity index (χ0n) is 17.0. The second-order valence-electron chi connectivity index (χ2n) is 7.76. The monoisotopic (exact) mass is 449 g/mol. The number of carbonyl (C=O) groups excluding carboxylic acids is 3. The van der Waals surface area contributed by atoms with Gasteiger partial charge in [-0.15, -0.1) is 0 Å². The van der Waals surface area contributed by atoms with Crippen molar-refractivity contribution in [1.29, 1.82) is 0 Å². The van der Waals surface area contributed by atoms with E-state index in [4.69, 9.17) is 17.0 Å². The fraction of sp³-hybridized carbons (Fsp3) is 0.524. The van der Waals surface area contributed by atoms with Crippen molar-refractivity contribution < 1.29 is 19.1 Å². The summed E-state index contributed by atoms with van der Waals surface area (Å²) in [7, 11) is 0. The van der Waals surface area contributed by atoms with E-state index in [1.54, 1.807) is 24.3 Å². The lowest BCUT2D eigenvalue weighted by Gasteiger charge is -2.31. The number of amides is 2. The highest BCUT2D eigenvalue weighted by Gasteiger charge is 2.24. The second kappa shape index (κ2) is 10.8. The first-order valence-electron chi connectivity index (χ1n) is 10.2. The van der Waals surface area contributed by atoms with Crippen LogP contribution >= 0.6 is 24.0 Å². The van der Waals surface area contributed by atoms with Crippen LogP contribution in [0.15, 0.2) is 24.3 Å². The number of likely N-dealkylation sites (tertiary alicyclic amines) is 1. The first-order valence-corrected chi connectivity index (χ1v) is 11.6. The van der Waals surface area contributed by atoms with E-state index in [1.807, 2.05) is 0 Å². The van der Waals surface area contributed by atoms with Gasteiger partial charge in [0.15, 0.2) is 6.61 Å². The van der Waals surface area contributed by atoms with E-state index in [1.165, 1.54) is 11.8 Å². The number of ether oxygens (including phenoxy) is 1. The molecule has 1 saturated heterocycles. The number of hydrogen-bond acceptors (Lipinski definition) is 6. The number of anilines is 1. The molecule has 1 aromatic rings. The first-order chi connectivity index (χ1) is 14.4. The zero-order chi connectivity index (χ0) is 21.5. The largest absolute Gasteiger partial charge is 0.455 e. The number of nitrogens with zero attached hydrogens (tertiary/aromatic N) is 1. The van der Waals surface area contributed by atoms with Crippen LogP contribution in [-0.2, 0) is 14.3 Å². The number of thioether (sulfide) groups is 1. The van der Waals surface area contributed by atoms with Crippen LogP contribution < -0.4 is 10.6 Å². The topological polar surface area (TPSA) is 87.7 Å². The Morgan fingerprint density at radius 1 is 1.20 bits per heavy atom. The minimum absolute atomic E-state index is 0.0784. The van der Waals surface area contributed by atoms with Crippen LogP contribution in [0.2, 0.25) is 0 Å². The Kier molecular flexibility index (Phi) is 8.09. The summed E-state index contributed by atoms with van der Waals surface area (Å²) < 4.78 is 5.74. The molecule has 2 N–H and O–H groups in total. The van der Waals surface area contributed by atoms with Crippen LogP contribution in [0.25, 0.3) is 0 Å². The van der Waals surface area contributed by atoms with Crippen molar-refractivity contribution in [3.8, 4) is 0 Å². The van der Waals surface area contributed by atoms with Crippen molar-refractivity contribution in [1.82, 2.24) is 10.2 Å². The minimum atomic E-state index is -0.486. The number of benzene rings is 1. The summed E-state index contributed by atoms with van der Waals surface area (Å²) in [6, 6.07) is 6.94. The maximum Gasteiger partial charge on any atom is 0.316 e. The van der Waals surface area contributed by atoms with Gasteiger partial charge in [-0.25, -0.2) is 0 Å². The van der Waals surface area contributed by atoms with Crippen LogP contribution in [0.4, 0.5) is 5.69 Å². The summed E-state index contributed by atoms with van der Waals surface area (Å²) in [5, 5.41) is 5.55. The molecule has 9 heteroatoms. The maximum atomic E-state index is 12.1. The highest BCUT2D eigenvalue weighted by atomic mass is 32.2. The maximum absolute atomic E-state index is 12.1. The van der Waals surface area contributed by atoms with E-state index in [9.17, 15) is 14.4 Å². The van der Waals surface area contributed by atoms with Crippen LogP contribution in [0.3, 0.4) is 0 Å². The van der Waals surface area contributed by atoms with E-state index in [0.717, 1.165) is 38.8 Å². The fourth-order valence-electron chi connectivity index (χ4n) is 3.02. The Bertz CT molecular complexity index is 805. The quantitative estimate of drug-likeness (QED) is 0.489. The third-order valence-corrected chi connectivity index (χ3v) is 6.54. The molecule has 162 valence electrons. The molecule has 3 rings (SSSR count). The summed E-state index contributed by atoms with van der Waals surface area (Å²) in [6.45, 7) is 3.69. The van der Waals surface area contributed by atoms with Gasteiger partial charge in [0.2, 0.25) is 0 Å². The minimum Gasteiger partial charge on any atom is -0.455 e. The van der Waals surface area contributed by atoms with Crippen molar-refractivity contribution in [2.45, 2.75) is 38.6 Å². The van der Waals surface area contributed by atoms with Crippen molar-refractivity contribution in [3.05, 3.63) is 29.8 Å². The Balaban J connectivity index is 1.36. The highest BCUT2D eigenvalue weighted by molar-refractivity contribution is 8.23. The third kappa shape index (κ3) is 7.28. The van der Waals surface area contributed by atoms with Crippen molar-refractivity contribution in [2.24, 2.45) is 5.92 Å². The van der Waals surface area contributed by atoms with Crippen molar-refractivity contribution >= 4 is 51.8 Å². The molecule has 1 saturated carbocycles. The molecule has 1 aromatic carbocycles. The van der Waals surface area contributed by atoms with Gasteiger partial charge >= 0.3 is 5.97 Å². The Labute approximate surface area is 186 Å². The fourth-order valence-corrected chi connectivity index (χ4v) is 4.07. The standard InChI is InChI=1S/C21H27N3O4S2/c1-14-7-9-24(10-8-14)21(29)30-13-19(26)28-12-18(25)22-17-4-2-3-15(11-17)20(27)23-16-5-6-16/h2-4,11,14,16H,5-10,12-13H2,1H3,(H,22,25)(H,23,27). The second-order valence-corrected chi connectivity index (χ2v) is 9.37. The van der Waals surface area contributed by atoms with Crippen LogP contribution in [0, 0.1) is 5.92 Å². The molecule has 0 spiro atoms. The lowest BCUT2D eigenvalue weighted by molar-refractivity contribution is -0.144. The molecule has 1 aliphatic carbocycles. The van der Waals surface area contributed by atoms with Gasteiger partial charge in [-0.05, 0) is 49.8 Å². The molecule has 0 aromatic heterocycles. The van der Waals surface area contributed by atoms with E-state index in [-0.39, 0.29) is 24.3 Å². The number of thiocarbonyl (C=S) groups is 1. The van der Waals surface area contributed by atoms with Gasteiger partial charge < -0.3 is 20.3 Å². The number of nitrogens with one attached hydrogen (secondary N) is 2. The molecule has 2 fully saturated rings. The van der Waals surface area contributed by atoms with Crippen molar-refractivity contribution in [3.63, 3.8) is 0 Å². The predicted molar refractivity (Wildman–Crippen MR) is 122 cm³/mol. The Morgan fingerprint density at radius 2 is 1.93 bits per heavy atom. The van der Waals surface area contributed by atoms with Gasteiger partial charge in [-0.2, -0.15) is 0 Å². The molecule has 0 unspecified atom stereocenters. The van der Waals surface area contributed by atoms with Gasteiger partial charge in [0.25, 0.3) is 11.8 Å². The lowest BCUT2D eigenvalue weighted by atomic mass is 10.00. The Hall–Kier alpha value is -2.13. The SMILES string of the molecule is CC1CCN(C(=S)SCC(=O)OCC(=O)Nc2cccc(C(=O)NC3CC3)c2)CC1. The average Bonchev–Trinajstić information content (AvgIpc) is 3.55. The number of esters is 1. The lowest BCUT2D eigenvalue weighted by Crippen LogP contribution is -2.36. The third-order valence-electron chi connectivity index (χ3n) is 5.04. The van der Waals surface area contributed by atoms with Gasteiger partial charge in [-0.3, -0.25) is 14.4 Å². The van der Waals surface area contributed by atoms with E-state index >= 15 is 0 Å². The molecule has 2 aliphatic rings. The van der Waals surface area contributed by atoms with Crippen LogP contribution in [-0.4, -0.2) is 58.5 Å². The Morgan fingerprint density at radius 3 is 2.63 bits per heavy atom. The van der Waals surface area contributed by atoms with E-state index < -0.39 is 11.9 Å². The van der Waals surface area contributed by atoms with Crippen molar-refractivity contribution in [2.75, 3.05) is 30.8 Å².